The molecular weight excluding hydrogens is 626 g/mol. The predicted octanol–water partition coefficient (Wildman–Crippen LogP) is 5.28. The number of carbonyl (C=O) groups is 4. The van der Waals surface area contributed by atoms with E-state index in [0.717, 1.165) is 6.07 Å². The third-order valence-corrected chi connectivity index (χ3v) is 6.23. The monoisotopic (exact) mass is 654 g/mol. The van der Waals surface area contributed by atoms with E-state index in [1.807, 2.05) is 0 Å². The Hall–Kier alpha value is -5.15. The molecule has 3 aromatic rings. The van der Waals surface area contributed by atoms with Crippen molar-refractivity contribution < 1.29 is 55.3 Å². The van der Waals surface area contributed by atoms with Gasteiger partial charge in [-0.05, 0) is 47.7 Å². The van der Waals surface area contributed by atoms with Gasteiger partial charge in [0, 0.05) is 19.2 Å². The van der Waals surface area contributed by atoms with E-state index in [9.17, 15) is 45.5 Å². The zero-order chi connectivity index (χ0) is 33.7. The number of pyridine rings is 1. The second-order valence-electron chi connectivity index (χ2n) is 9.69. The zero-order valence-corrected chi connectivity index (χ0v) is 23.9. The van der Waals surface area contributed by atoms with Crippen LogP contribution in [0.1, 0.15) is 42.9 Å². The summed E-state index contributed by atoms with van der Waals surface area (Å²) in [5.74, 6) is -5.22. The van der Waals surface area contributed by atoms with E-state index in [1.165, 1.54) is 30.3 Å². The molecule has 0 aliphatic heterocycles. The van der Waals surface area contributed by atoms with Crippen molar-refractivity contribution in [3.63, 3.8) is 0 Å². The summed E-state index contributed by atoms with van der Waals surface area (Å²) in [6, 6.07) is 14.2. The quantitative estimate of drug-likeness (QED) is 0.0982. The second kappa shape index (κ2) is 16.2. The lowest BCUT2D eigenvalue weighted by atomic mass is 9.93. The lowest BCUT2D eigenvalue weighted by molar-refractivity contribution is -0.286. The summed E-state index contributed by atoms with van der Waals surface area (Å²) in [5, 5.41) is 7.69. The van der Waals surface area contributed by atoms with Crippen LogP contribution in [0.25, 0.3) is 11.1 Å². The number of hydrogen-bond donors (Lipinski definition) is 3. The van der Waals surface area contributed by atoms with E-state index in [1.54, 1.807) is 30.5 Å². The Morgan fingerprint density at radius 3 is 2.20 bits per heavy atom. The minimum absolute atomic E-state index is 0.0490. The van der Waals surface area contributed by atoms with Crippen molar-refractivity contribution in [2.24, 2.45) is 0 Å². The van der Waals surface area contributed by atoms with Crippen LogP contribution in [0.4, 0.5) is 32.2 Å². The van der Waals surface area contributed by atoms with Crippen molar-refractivity contribution in [1.82, 2.24) is 15.6 Å². The van der Waals surface area contributed by atoms with Gasteiger partial charge in [-0.25, -0.2) is 24.3 Å². The Bertz CT molecular complexity index is 1490. The summed E-state index contributed by atoms with van der Waals surface area (Å²) in [6.45, 7) is -0.0995. The molecule has 0 fully saturated rings. The molecule has 0 aliphatic rings. The molecule has 0 radical (unpaired) electrons. The number of nitrogens with zero attached hydrogens (tertiary/aromatic N) is 1. The van der Waals surface area contributed by atoms with Crippen molar-refractivity contribution in [2.75, 3.05) is 18.4 Å². The summed E-state index contributed by atoms with van der Waals surface area (Å²) in [6.07, 6.45) is -8.70. The molecule has 1 atom stereocenters. The Morgan fingerprint density at radius 1 is 0.826 bits per heavy atom. The highest BCUT2D eigenvalue weighted by molar-refractivity contribution is 5.85. The minimum atomic E-state index is -5.49. The van der Waals surface area contributed by atoms with Gasteiger partial charge in [-0.1, -0.05) is 48.5 Å². The van der Waals surface area contributed by atoms with Crippen LogP contribution in [0.5, 0.6) is 0 Å². The van der Waals surface area contributed by atoms with Crippen molar-refractivity contribution >= 4 is 29.6 Å². The molecule has 0 bridgehead atoms. The molecule has 1 unspecified atom stereocenters. The van der Waals surface area contributed by atoms with Crippen LogP contribution in [0.2, 0.25) is 0 Å². The van der Waals surface area contributed by atoms with Gasteiger partial charge in [-0.3, -0.25) is 9.59 Å². The highest BCUT2D eigenvalue weighted by Crippen LogP contribution is 2.39. The first-order valence-corrected chi connectivity index (χ1v) is 13.7. The molecular formula is C30H28F6N4O6. The number of alkyl halides is 6. The van der Waals surface area contributed by atoms with E-state index in [4.69, 9.17) is 0 Å². The number of unbranched alkanes of at least 4 members (excludes halogenated alkanes) is 1. The first-order chi connectivity index (χ1) is 21.7. The molecule has 0 aliphatic carbocycles. The average molecular weight is 655 g/mol. The molecule has 1 aromatic heterocycles. The van der Waals surface area contributed by atoms with Gasteiger partial charge in [0.1, 0.15) is 5.82 Å². The zero-order valence-electron chi connectivity index (χ0n) is 23.9. The lowest BCUT2D eigenvalue weighted by Gasteiger charge is -2.21. The minimum Gasteiger partial charge on any atom is -0.370 e. The smallest absolute Gasteiger partial charge is 0.370 e. The van der Waals surface area contributed by atoms with Crippen LogP contribution in [0.3, 0.4) is 0 Å². The molecule has 2 amide bonds. The van der Waals surface area contributed by atoms with Gasteiger partial charge >= 0.3 is 24.3 Å². The fraction of sp³-hybridized carbons (Fsp3) is 0.300. The first-order valence-electron chi connectivity index (χ1n) is 13.7. The number of benzene rings is 2. The van der Waals surface area contributed by atoms with E-state index in [-0.39, 0.29) is 23.1 Å². The number of hydrogen-bond acceptors (Lipinski definition) is 8. The van der Waals surface area contributed by atoms with Crippen LogP contribution in [0.15, 0.2) is 72.9 Å². The second-order valence-corrected chi connectivity index (χ2v) is 9.69. The number of nitrogens with one attached hydrogen (secondary N) is 3. The average Bonchev–Trinajstić information content (AvgIpc) is 3.02. The summed E-state index contributed by atoms with van der Waals surface area (Å²) >= 11 is 0. The maximum atomic E-state index is 14.1. The van der Waals surface area contributed by atoms with Crippen molar-refractivity contribution in [1.29, 1.82) is 0 Å². The predicted molar refractivity (Wildman–Crippen MR) is 150 cm³/mol. The molecule has 0 saturated heterocycles. The number of amides is 2. The van der Waals surface area contributed by atoms with Crippen LogP contribution in [0, 0.1) is 0 Å². The van der Waals surface area contributed by atoms with E-state index < -0.39 is 60.7 Å². The van der Waals surface area contributed by atoms with Gasteiger partial charge in [0.15, 0.2) is 0 Å². The van der Waals surface area contributed by atoms with Crippen LogP contribution >= 0.6 is 0 Å². The third kappa shape index (κ3) is 11.4. The van der Waals surface area contributed by atoms with Crippen molar-refractivity contribution in [3.05, 3.63) is 84.1 Å². The molecule has 16 heteroatoms. The fourth-order valence-electron chi connectivity index (χ4n) is 4.07. The summed E-state index contributed by atoms with van der Waals surface area (Å²) in [7, 11) is 0. The molecule has 246 valence electrons. The molecule has 0 spiro atoms. The number of rotatable bonds is 13. The fourth-order valence-corrected chi connectivity index (χ4v) is 4.07. The first kappa shape index (κ1) is 35.3. The van der Waals surface area contributed by atoms with E-state index in [2.05, 4.69) is 30.7 Å². The van der Waals surface area contributed by atoms with E-state index >= 15 is 0 Å². The molecule has 10 nitrogen and oxygen atoms in total. The van der Waals surface area contributed by atoms with Crippen LogP contribution < -0.4 is 16.0 Å². The van der Waals surface area contributed by atoms with E-state index in [0.29, 0.717) is 31.3 Å². The third-order valence-electron chi connectivity index (χ3n) is 6.23. The van der Waals surface area contributed by atoms with Gasteiger partial charge < -0.3 is 16.0 Å². The Labute approximate surface area is 258 Å². The standard InChI is InChI=1S/C30H28F6N4O6/c31-29(32,33)22-16-20(12-13-21(22)19-8-2-1-3-9-19)23(17-27(43)45-46-28(44)30(34,35)36)40-26(42)18-39-25(41)11-5-7-15-38-24-10-4-6-14-37-24/h1-4,6,8-10,12-14,16,23H,5,7,11,15,17-18H2,(H,37,38)(H,39,41)(H,40,42). The van der Waals surface area contributed by atoms with Gasteiger partial charge in [0.25, 0.3) is 0 Å². The van der Waals surface area contributed by atoms with Gasteiger partial charge in [0.2, 0.25) is 11.8 Å². The highest BCUT2D eigenvalue weighted by Gasteiger charge is 2.43. The van der Waals surface area contributed by atoms with Crippen molar-refractivity contribution in [2.45, 2.75) is 44.1 Å². The largest absolute Gasteiger partial charge is 0.495 e. The Morgan fingerprint density at radius 2 is 1.54 bits per heavy atom. The molecule has 2 aromatic carbocycles. The summed E-state index contributed by atoms with van der Waals surface area (Å²) < 4.78 is 79.4. The molecule has 46 heavy (non-hydrogen) atoms. The number of carbonyl (C=O) groups excluding carboxylic acids is 4. The number of anilines is 1. The summed E-state index contributed by atoms with van der Waals surface area (Å²) in [4.78, 5) is 59.4. The van der Waals surface area contributed by atoms with Crippen LogP contribution in [-0.4, -0.2) is 48.0 Å². The van der Waals surface area contributed by atoms with Gasteiger partial charge in [0.05, 0.1) is 24.6 Å². The lowest BCUT2D eigenvalue weighted by Crippen LogP contribution is -2.39. The maximum absolute atomic E-state index is 14.1. The van der Waals surface area contributed by atoms with Crippen LogP contribution in [-0.2, 0) is 35.1 Å². The topological polar surface area (TPSA) is 136 Å². The normalized spacial score (nSPS) is 12.0. The Balaban J connectivity index is 1.67. The molecule has 1 heterocycles. The Kier molecular flexibility index (Phi) is 12.5. The maximum Gasteiger partial charge on any atom is 0.495 e. The SMILES string of the molecule is O=C(CCCCNc1ccccn1)NCC(=O)NC(CC(=O)OOC(=O)C(F)(F)F)c1ccc(-c2ccccc2)c(C(F)(F)F)c1. The number of aromatic nitrogens is 1. The van der Waals surface area contributed by atoms with Crippen molar-refractivity contribution in [3.8, 4) is 11.1 Å². The molecule has 3 rings (SSSR count). The van der Waals surface area contributed by atoms with Gasteiger partial charge in [-0.2, -0.15) is 26.3 Å². The summed E-state index contributed by atoms with van der Waals surface area (Å²) in [5.41, 5.74) is -1.40. The number of halogens is 6. The molecule has 0 saturated carbocycles. The molecule has 3 N–H and O–H groups in total. The van der Waals surface area contributed by atoms with Gasteiger partial charge in [-0.15, -0.1) is 0 Å². The highest BCUT2D eigenvalue weighted by atomic mass is 19.4.